The Balaban J connectivity index is 1.81. The van der Waals surface area contributed by atoms with Crippen LogP contribution in [0.3, 0.4) is 0 Å². The predicted molar refractivity (Wildman–Crippen MR) is 91.0 cm³/mol. The Morgan fingerprint density at radius 2 is 2.08 bits per heavy atom. The molecule has 1 aliphatic heterocycles. The average Bonchev–Trinajstić information content (AvgIpc) is 3.12. The summed E-state index contributed by atoms with van der Waals surface area (Å²) in [6.07, 6.45) is 6.15. The fraction of sp³-hybridized carbons (Fsp3) is 0.0588. The second-order valence-electron chi connectivity index (χ2n) is 5.44. The second-order valence-corrected chi connectivity index (χ2v) is 6.45. The van der Waals surface area contributed by atoms with Crippen LogP contribution in [0.4, 0.5) is 9.18 Å². The molecule has 0 aromatic carbocycles. The molecular formula is C17H10FN3O3S. The van der Waals surface area contributed by atoms with Gasteiger partial charge in [0.1, 0.15) is 11.3 Å². The van der Waals surface area contributed by atoms with E-state index in [1.165, 1.54) is 12.3 Å². The summed E-state index contributed by atoms with van der Waals surface area (Å²) in [5, 5.41) is 2.50. The first kappa shape index (κ1) is 15.5. The number of nitrogens with one attached hydrogen (secondary N) is 1. The number of nitrogens with zero attached hydrogens (tertiary/aromatic N) is 2. The summed E-state index contributed by atoms with van der Waals surface area (Å²) in [5.41, 5.74) is 2.30. The van der Waals surface area contributed by atoms with Crippen LogP contribution in [0.5, 0.6) is 0 Å². The fourth-order valence-electron chi connectivity index (χ4n) is 2.51. The van der Waals surface area contributed by atoms with E-state index in [0.29, 0.717) is 28.0 Å². The van der Waals surface area contributed by atoms with Crippen LogP contribution >= 0.6 is 11.8 Å². The Morgan fingerprint density at radius 3 is 2.80 bits per heavy atom. The number of furan rings is 1. The number of thioether (sulfide) groups is 1. The molecule has 1 N–H and O–H groups in total. The van der Waals surface area contributed by atoms with Gasteiger partial charge < -0.3 is 4.42 Å². The van der Waals surface area contributed by atoms with Crippen molar-refractivity contribution in [2.75, 3.05) is 0 Å². The maximum absolute atomic E-state index is 13.4. The highest BCUT2D eigenvalue weighted by Crippen LogP contribution is 2.32. The maximum atomic E-state index is 13.4. The Morgan fingerprint density at radius 1 is 1.24 bits per heavy atom. The number of rotatable bonds is 2. The lowest BCUT2D eigenvalue weighted by Crippen LogP contribution is -2.17. The van der Waals surface area contributed by atoms with E-state index in [4.69, 9.17) is 4.42 Å². The Labute approximate surface area is 145 Å². The molecule has 3 aromatic rings. The third kappa shape index (κ3) is 2.80. The zero-order valence-electron chi connectivity index (χ0n) is 12.9. The van der Waals surface area contributed by atoms with E-state index in [1.54, 1.807) is 31.5 Å². The smallest absolute Gasteiger partial charge is 0.290 e. The molecule has 124 valence electrons. The van der Waals surface area contributed by atoms with Crippen molar-refractivity contribution >= 4 is 40.0 Å². The van der Waals surface area contributed by atoms with Gasteiger partial charge >= 0.3 is 0 Å². The minimum atomic E-state index is -0.525. The SMILES string of the molecule is Cc1cc(-c2cncc3cc(C=C4SC(=O)NC4=O)oc23)cnc1F. The molecule has 0 unspecified atom stereocenters. The topological polar surface area (TPSA) is 85.1 Å². The summed E-state index contributed by atoms with van der Waals surface area (Å²) < 4.78 is 19.2. The molecule has 4 heterocycles. The number of imide groups is 1. The van der Waals surface area contributed by atoms with E-state index in [9.17, 15) is 14.0 Å². The van der Waals surface area contributed by atoms with Crippen LogP contribution in [0.15, 0.2) is 40.0 Å². The molecule has 0 aliphatic carbocycles. The van der Waals surface area contributed by atoms with Crippen molar-refractivity contribution in [3.05, 3.63) is 52.9 Å². The Hall–Kier alpha value is -3.00. The van der Waals surface area contributed by atoms with Gasteiger partial charge in [0, 0.05) is 46.7 Å². The lowest BCUT2D eigenvalue weighted by atomic mass is 10.1. The normalized spacial score (nSPS) is 16.0. The number of halogens is 1. The molecule has 1 aliphatic rings. The lowest BCUT2D eigenvalue weighted by Gasteiger charge is -2.03. The molecule has 2 amide bonds. The number of aryl methyl sites for hydroxylation is 1. The molecule has 0 atom stereocenters. The first-order valence-electron chi connectivity index (χ1n) is 7.26. The molecule has 1 saturated heterocycles. The quantitative estimate of drug-likeness (QED) is 0.558. The van der Waals surface area contributed by atoms with Gasteiger partial charge in [-0.15, -0.1) is 0 Å². The molecule has 6 nitrogen and oxygen atoms in total. The summed E-state index contributed by atoms with van der Waals surface area (Å²) in [7, 11) is 0. The van der Waals surface area contributed by atoms with E-state index in [1.807, 2.05) is 0 Å². The van der Waals surface area contributed by atoms with Gasteiger partial charge in [-0.1, -0.05) is 0 Å². The minimum Gasteiger partial charge on any atom is -0.456 e. The Kier molecular flexibility index (Phi) is 3.61. The Bertz CT molecular complexity index is 1070. The highest BCUT2D eigenvalue weighted by molar-refractivity contribution is 8.18. The molecule has 4 rings (SSSR count). The molecule has 3 aromatic heterocycles. The number of amides is 2. The van der Waals surface area contributed by atoms with Gasteiger partial charge in [0.2, 0.25) is 5.95 Å². The van der Waals surface area contributed by atoms with Crippen LogP contribution in [0.2, 0.25) is 0 Å². The third-order valence-corrected chi connectivity index (χ3v) is 4.49. The monoisotopic (exact) mass is 355 g/mol. The summed E-state index contributed by atoms with van der Waals surface area (Å²) in [4.78, 5) is 31.0. The summed E-state index contributed by atoms with van der Waals surface area (Å²) in [6, 6.07) is 3.39. The first-order chi connectivity index (χ1) is 12.0. The van der Waals surface area contributed by atoms with Gasteiger partial charge in [-0.3, -0.25) is 19.9 Å². The number of hydrogen-bond donors (Lipinski definition) is 1. The standard InChI is InChI=1S/C17H10FN3O3S/c1-8-2-9(6-20-15(8)18)12-7-19-5-10-3-11(24-14(10)12)4-13-16(22)21-17(23)25-13/h2-7H,1H3,(H,21,22,23). The number of carbonyl (C=O) groups is 2. The van der Waals surface area contributed by atoms with Crippen LogP contribution < -0.4 is 5.32 Å². The third-order valence-electron chi connectivity index (χ3n) is 3.68. The van der Waals surface area contributed by atoms with Crippen molar-refractivity contribution < 1.29 is 18.4 Å². The molecule has 0 spiro atoms. The van der Waals surface area contributed by atoms with E-state index in [2.05, 4.69) is 15.3 Å². The van der Waals surface area contributed by atoms with Crippen LogP contribution in [0.25, 0.3) is 28.2 Å². The summed E-state index contributed by atoms with van der Waals surface area (Å²) >= 11 is 0.817. The van der Waals surface area contributed by atoms with E-state index >= 15 is 0 Å². The molecule has 0 radical (unpaired) electrons. The maximum Gasteiger partial charge on any atom is 0.290 e. The number of carbonyl (C=O) groups excluding carboxylic acids is 2. The van der Waals surface area contributed by atoms with Crippen molar-refractivity contribution in [3.63, 3.8) is 0 Å². The van der Waals surface area contributed by atoms with Crippen LogP contribution in [-0.2, 0) is 4.79 Å². The van der Waals surface area contributed by atoms with Crippen molar-refractivity contribution in [2.45, 2.75) is 6.92 Å². The van der Waals surface area contributed by atoms with Crippen LogP contribution in [-0.4, -0.2) is 21.1 Å². The number of fused-ring (bicyclic) bond motifs is 1. The lowest BCUT2D eigenvalue weighted by molar-refractivity contribution is -0.115. The largest absolute Gasteiger partial charge is 0.456 e. The zero-order valence-corrected chi connectivity index (χ0v) is 13.7. The molecule has 0 bridgehead atoms. The van der Waals surface area contributed by atoms with Gasteiger partial charge in [-0.05, 0) is 30.8 Å². The van der Waals surface area contributed by atoms with Crippen LogP contribution in [0, 0.1) is 12.9 Å². The van der Waals surface area contributed by atoms with Crippen molar-refractivity contribution in [2.24, 2.45) is 0 Å². The molecular weight excluding hydrogens is 345 g/mol. The minimum absolute atomic E-state index is 0.262. The number of pyridine rings is 2. The molecule has 25 heavy (non-hydrogen) atoms. The zero-order chi connectivity index (χ0) is 17.6. The summed E-state index contributed by atoms with van der Waals surface area (Å²) in [6.45, 7) is 1.63. The van der Waals surface area contributed by atoms with Gasteiger partial charge in [0.25, 0.3) is 11.1 Å². The highest BCUT2D eigenvalue weighted by atomic mass is 32.2. The van der Waals surface area contributed by atoms with Crippen LogP contribution in [0.1, 0.15) is 11.3 Å². The van der Waals surface area contributed by atoms with Crippen molar-refractivity contribution in [1.82, 2.24) is 15.3 Å². The van der Waals surface area contributed by atoms with E-state index < -0.39 is 17.1 Å². The predicted octanol–water partition coefficient (Wildman–Crippen LogP) is 3.66. The van der Waals surface area contributed by atoms with Crippen molar-refractivity contribution in [1.29, 1.82) is 0 Å². The van der Waals surface area contributed by atoms with E-state index in [-0.39, 0.29) is 4.91 Å². The molecule has 0 saturated carbocycles. The second kappa shape index (κ2) is 5.82. The number of aromatic nitrogens is 2. The van der Waals surface area contributed by atoms with E-state index in [0.717, 1.165) is 17.1 Å². The fourth-order valence-corrected chi connectivity index (χ4v) is 3.18. The van der Waals surface area contributed by atoms with Gasteiger partial charge in [0.15, 0.2) is 0 Å². The van der Waals surface area contributed by atoms with Crippen molar-refractivity contribution in [3.8, 4) is 11.1 Å². The highest BCUT2D eigenvalue weighted by Gasteiger charge is 2.25. The first-order valence-corrected chi connectivity index (χ1v) is 8.08. The molecule has 8 heteroatoms. The molecule has 1 fully saturated rings. The van der Waals surface area contributed by atoms with Gasteiger partial charge in [-0.25, -0.2) is 4.98 Å². The number of hydrogen-bond acceptors (Lipinski definition) is 6. The summed E-state index contributed by atoms with van der Waals surface area (Å²) in [5.74, 6) is -0.557. The van der Waals surface area contributed by atoms with Gasteiger partial charge in [0.05, 0.1) is 4.91 Å². The average molecular weight is 355 g/mol. The van der Waals surface area contributed by atoms with Gasteiger partial charge in [-0.2, -0.15) is 4.39 Å².